The van der Waals surface area contributed by atoms with Gasteiger partial charge in [-0.1, -0.05) is 338 Å². The van der Waals surface area contributed by atoms with E-state index in [0.717, 1.165) is 135 Å². The minimum Gasteiger partial charge on any atom is -0.462 e. The molecule has 93 heavy (non-hydrogen) atoms. The maximum absolute atomic E-state index is 12.8. The molecule has 9 nitrogen and oxygen atoms in total. The molecule has 0 fully saturated rings. The Labute approximate surface area is 571 Å². The molecule has 0 heterocycles. The number of hydrogen-bond donors (Lipinski definition) is 2. The molecule has 0 radical (unpaired) electrons. The van der Waals surface area contributed by atoms with E-state index in [-0.39, 0.29) is 38.6 Å². The molecule has 0 rings (SSSR count). The van der Waals surface area contributed by atoms with E-state index in [0.29, 0.717) is 6.42 Å². The SMILES string of the molecule is CC/C=C\C/C=C\C/C=C\C/C=C\C/C=C\C/C=C\C/C=C\C/C=C\CCCCCCCCCCCCC(=O)OC(COC(=O)CCCCCCCCCCCCCCCCCCCC/C=C\C/C=C\C/C=C\C/C=C\C/C=C\C/C=C\CC)COP(=O)(O)OCCN. The molecule has 10 heteroatoms. The van der Waals surface area contributed by atoms with Gasteiger partial charge in [-0.2, -0.15) is 0 Å². The summed E-state index contributed by atoms with van der Waals surface area (Å²) >= 11 is 0. The van der Waals surface area contributed by atoms with Crippen molar-refractivity contribution in [2.45, 2.75) is 315 Å². The Balaban J connectivity index is 3.90. The maximum atomic E-state index is 12.8. The van der Waals surface area contributed by atoms with Gasteiger partial charge in [0.2, 0.25) is 0 Å². The molecule has 0 aromatic heterocycles. The second kappa shape index (κ2) is 76.4. The van der Waals surface area contributed by atoms with E-state index < -0.39 is 26.5 Å². The van der Waals surface area contributed by atoms with Crippen LogP contribution >= 0.6 is 7.82 Å². The van der Waals surface area contributed by atoms with Crippen molar-refractivity contribution >= 4 is 19.8 Å². The number of carbonyl (C=O) groups excluding carboxylic acids is 2. The summed E-state index contributed by atoms with van der Waals surface area (Å²) in [7, 11) is -4.41. The van der Waals surface area contributed by atoms with E-state index in [1.54, 1.807) is 0 Å². The molecule has 0 aliphatic rings. The number of unbranched alkanes of at least 4 members (excludes halogenated alkanes) is 28. The number of ether oxygens (including phenoxy) is 2. The Morgan fingerprint density at radius 1 is 0.323 bits per heavy atom. The Bertz CT molecular complexity index is 2140. The monoisotopic (exact) mass is 1310 g/mol. The highest BCUT2D eigenvalue weighted by Gasteiger charge is 2.26. The Morgan fingerprint density at radius 3 is 0.828 bits per heavy atom. The van der Waals surface area contributed by atoms with E-state index in [1.807, 2.05) is 0 Å². The molecule has 0 amide bonds. The summed E-state index contributed by atoms with van der Waals surface area (Å²) in [5, 5.41) is 0. The fourth-order valence-electron chi connectivity index (χ4n) is 10.1. The predicted octanol–water partition coefficient (Wildman–Crippen LogP) is 25.3. The third-order valence-corrected chi connectivity index (χ3v) is 16.6. The molecule has 0 aromatic carbocycles. The highest BCUT2D eigenvalue weighted by molar-refractivity contribution is 7.47. The van der Waals surface area contributed by atoms with Crippen LogP contribution in [-0.2, 0) is 32.7 Å². The predicted molar refractivity (Wildman–Crippen MR) is 403 cm³/mol. The zero-order chi connectivity index (χ0) is 67.2. The van der Waals surface area contributed by atoms with Crippen molar-refractivity contribution < 1.29 is 37.6 Å². The molecule has 0 spiro atoms. The first kappa shape index (κ1) is 88.4. The van der Waals surface area contributed by atoms with Crippen molar-refractivity contribution in [1.82, 2.24) is 0 Å². The molecule has 0 saturated heterocycles. The lowest BCUT2D eigenvalue weighted by Crippen LogP contribution is -2.29. The van der Waals surface area contributed by atoms with E-state index in [9.17, 15) is 19.0 Å². The summed E-state index contributed by atoms with van der Waals surface area (Å²) in [5.74, 6) is -0.832. The fraction of sp³-hybridized carbons (Fsp3) is 0.639. The number of phosphoric acid groups is 1. The van der Waals surface area contributed by atoms with Gasteiger partial charge >= 0.3 is 19.8 Å². The summed E-state index contributed by atoms with van der Waals surface area (Å²) < 4.78 is 33.2. The largest absolute Gasteiger partial charge is 0.472 e. The summed E-state index contributed by atoms with van der Waals surface area (Å²) in [6.45, 7) is 3.52. The van der Waals surface area contributed by atoms with Crippen molar-refractivity contribution in [2.75, 3.05) is 26.4 Å². The quantitative estimate of drug-likeness (QED) is 0.0264. The van der Waals surface area contributed by atoms with Gasteiger partial charge in [-0.25, -0.2) is 4.57 Å². The number of rotatable bonds is 69. The fourth-order valence-corrected chi connectivity index (χ4v) is 10.9. The first-order valence-electron chi connectivity index (χ1n) is 37.6. The van der Waals surface area contributed by atoms with Crippen LogP contribution in [0.4, 0.5) is 0 Å². The molecule has 2 unspecified atom stereocenters. The van der Waals surface area contributed by atoms with Crippen molar-refractivity contribution in [3.8, 4) is 0 Å². The molecule has 2 atom stereocenters. The Hall–Kier alpha value is -4.63. The van der Waals surface area contributed by atoms with Crippen LogP contribution in [-0.4, -0.2) is 49.3 Å². The number of phosphoric ester groups is 1. The molecule has 3 N–H and O–H groups in total. The first-order chi connectivity index (χ1) is 45.8. The maximum Gasteiger partial charge on any atom is 0.472 e. The average molecular weight is 1310 g/mol. The second-order valence-electron chi connectivity index (χ2n) is 24.4. The van der Waals surface area contributed by atoms with Crippen molar-refractivity contribution in [2.24, 2.45) is 5.73 Å². The van der Waals surface area contributed by atoms with Crippen molar-refractivity contribution in [1.29, 1.82) is 0 Å². The number of allylic oxidation sites excluding steroid dienone is 28. The molecule has 0 aliphatic heterocycles. The van der Waals surface area contributed by atoms with Crippen LogP contribution in [0.3, 0.4) is 0 Å². The third kappa shape index (κ3) is 76.3. The van der Waals surface area contributed by atoms with Gasteiger partial charge in [0, 0.05) is 19.4 Å². The summed E-state index contributed by atoms with van der Waals surface area (Å²) in [5.41, 5.74) is 5.41. The van der Waals surface area contributed by atoms with Crippen LogP contribution in [0.2, 0.25) is 0 Å². The Kier molecular flexibility index (Phi) is 72.6. The smallest absolute Gasteiger partial charge is 0.462 e. The molecular weight excluding hydrogens is 1170 g/mol. The number of carbonyl (C=O) groups is 2. The molecule has 0 aliphatic carbocycles. The number of esters is 2. The minimum absolute atomic E-state index is 0.0464. The topological polar surface area (TPSA) is 134 Å². The summed E-state index contributed by atoms with van der Waals surface area (Å²) in [6.07, 6.45) is 113. The zero-order valence-corrected chi connectivity index (χ0v) is 60.3. The average Bonchev–Trinajstić information content (AvgIpc) is 3.70. The van der Waals surface area contributed by atoms with Crippen LogP contribution in [0.5, 0.6) is 0 Å². The normalized spacial score (nSPS) is 13.9. The van der Waals surface area contributed by atoms with Crippen LogP contribution < -0.4 is 5.73 Å². The van der Waals surface area contributed by atoms with E-state index in [2.05, 4.69) is 184 Å². The van der Waals surface area contributed by atoms with Crippen LogP contribution in [0, 0.1) is 0 Å². The zero-order valence-electron chi connectivity index (χ0n) is 59.4. The van der Waals surface area contributed by atoms with E-state index >= 15 is 0 Å². The van der Waals surface area contributed by atoms with E-state index in [4.69, 9.17) is 24.3 Å². The van der Waals surface area contributed by atoms with Crippen LogP contribution in [0.1, 0.15) is 309 Å². The van der Waals surface area contributed by atoms with Gasteiger partial charge in [0.15, 0.2) is 6.10 Å². The van der Waals surface area contributed by atoms with Crippen LogP contribution in [0.25, 0.3) is 0 Å². The van der Waals surface area contributed by atoms with Crippen molar-refractivity contribution in [3.05, 3.63) is 170 Å². The lowest BCUT2D eigenvalue weighted by Gasteiger charge is -2.19. The van der Waals surface area contributed by atoms with Crippen LogP contribution in [0.15, 0.2) is 170 Å². The number of nitrogens with two attached hydrogens (primary N) is 1. The van der Waals surface area contributed by atoms with Gasteiger partial charge in [-0.05, 0) is 128 Å². The molecular formula is C83H138NO8P. The summed E-state index contributed by atoms with van der Waals surface area (Å²) in [4.78, 5) is 35.4. The molecule has 0 saturated carbocycles. The van der Waals surface area contributed by atoms with E-state index in [1.165, 1.54) is 141 Å². The molecule has 0 aromatic rings. The lowest BCUT2D eigenvalue weighted by atomic mass is 10.0. The van der Waals surface area contributed by atoms with Gasteiger partial charge in [-0.15, -0.1) is 0 Å². The van der Waals surface area contributed by atoms with Gasteiger partial charge in [0.25, 0.3) is 0 Å². The first-order valence-corrected chi connectivity index (χ1v) is 39.1. The summed E-state index contributed by atoms with van der Waals surface area (Å²) in [6, 6.07) is 0. The number of hydrogen-bond acceptors (Lipinski definition) is 8. The second-order valence-corrected chi connectivity index (χ2v) is 25.9. The van der Waals surface area contributed by atoms with Gasteiger partial charge < -0.3 is 20.1 Å². The highest BCUT2D eigenvalue weighted by Crippen LogP contribution is 2.43. The van der Waals surface area contributed by atoms with Gasteiger partial charge in [0.05, 0.1) is 13.2 Å². The molecule has 0 bridgehead atoms. The standard InChI is InChI=1S/C83H138NO8P/c1-3-5-7-9-11-13-15-17-19-21-23-25-27-29-31-33-35-37-39-40-42-43-45-47-49-51-53-55-57-59-61-63-65-67-69-71-73-75-82(85)89-79-81(80-91-93(87,88)90-78-77-84)92-83(86)76-74-72-70-68-66-64-62-60-58-56-54-52-50-48-46-44-41-38-36-34-32-30-28-26-24-22-20-18-16-14-12-10-8-6-4-2/h5-8,11-14,17-20,23-26,29-32,35-38,44,46,50,52,81H,3-4,9-10,15-16,21-22,27-28,33-34,39-43,45,47-49,51,53-80,84H2,1-2H3,(H,87,88)/b7-5-,8-6-,13-11-,14-12-,19-17-,20-18-,25-23-,26-24-,31-29-,32-30-,37-35-,38-36-,46-44-,52-50-. The Morgan fingerprint density at radius 2 is 0.559 bits per heavy atom. The highest BCUT2D eigenvalue weighted by atomic mass is 31.2. The lowest BCUT2D eigenvalue weighted by molar-refractivity contribution is -0.161. The third-order valence-electron chi connectivity index (χ3n) is 15.6. The van der Waals surface area contributed by atoms with Crippen molar-refractivity contribution in [3.63, 3.8) is 0 Å². The molecule has 528 valence electrons. The van der Waals surface area contributed by atoms with Gasteiger partial charge in [0.1, 0.15) is 6.61 Å². The minimum atomic E-state index is -4.41. The van der Waals surface area contributed by atoms with Gasteiger partial charge in [-0.3, -0.25) is 18.6 Å².